The highest BCUT2D eigenvalue weighted by atomic mass is 32.2. The highest BCUT2D eigenvalue weighted by Gasteiger charge is 2.35. The van der Waals surface area contributed by atoms with Gasteiger partial charge in [0.15, 0.2) is 0 Å². The molecule has 0 saturated heterocycles. The summed E-state index contributed by atoms with van der Waals surface area (Å²) in [5, 5.41) is 5.85. The first-order valence-electron chi connectivity index (χ1n) is 9.31. The average molecular weight is 408 g/mol. The maximum atomic E-state index is 13.2. The second kappa shape index (κ2) is 6.04. The average Bonchev–Trinajstić information content (AvgIpc) is 3.23. The lowest BCUT2D eigenvalue weighted by Gasteiger charge is -2.26. The number of aromatic nitrogens is 5. The van der Waals surface area contributed by atoms with E-state index in [9.17, 15) is 4.55 Å². The molecule has 5 aromatic rings. The van der Waals surface area contributed by atoms with Crippen molar-refractivity contribution in [2.75, 3.05) is 0 Å². The second-order valence-electron chi connectivity index (χ2n) is 7.23. The van der Waals surface area contributed by atoms with Gasteiger partial charge >= 0.3 is 0 Å². The third-order valence-corrected chi connectivity index (χ3v) is 8.83. The van der Waals surface area contributed by atoms with E-state index < -0.39 is 11.2 Å². The minimum Gasteiger partial charge on any atom is -0.611 e. The number of hydrogen-bond donors (Lipinski definition) is 1. The molecule has 0 radical (unpaired) electrons. The summed E-state index contributed by atoms with van der Waals surface area (Å²) in [5.41, 5.74) is 3.77. The van der Waals surface area contributed by atoms with Crippen LogP contribution in [0.1, 0.15) is 25.1 Å². The standard InChI is InChI=1S/C20H17N5OS2/c1-11-22-10-16-14-8-15(12-4-3-7-21-9-12)23-19-17(14)18(24-25(11)16)20(27-19)28(26)13-5-2-6-13/h3-4,7-10,13,24H,2,5-6H2,1H3. The Hall–Kier alpha value is -2.42. The van der Waals surface area contributed by atoms with Crippen molar-refractivity contribution >= 4 is 49.1 Å². The van der Waals surface area contributed by atoms with Crippen molar-refractivity contribution in [2.45, 2.75) is 35.6 Å². The molecule has 1 atom stereocenters. The van der Waals surface area contributed by atoms with Crippen molar-refractivity contribution in [3.63, 3.8) is 0 Å². The Morgan fingerprint density at radius 2 is 2.21 bits per heavy atom. The van der Waals surface area contributed by atoms with Crippen LogP contribution >= 0.6 is 11.3 Å². The quantitative estimate of drug-likeness (QED) is 0.448. The molecule has 1 N–H and O–H groups in total. The fraction of sp³-hybridized carbons (Fsp3) is 0.250. The molecule has 0 aromatic carbocycles. The molecule has 6 nitrogen and oxygen atoms in total. The largest absolute Gasteiger partial charge is 0.611 e. The Morgan fingerprint density at radius 3 is 2.96 bits per heavy atom. The molecule has 28 heavy (non-hydrogen) atoms. The molecule has 1 aliphatic rings. The lowest BCUT2D eigenvalue weighted by atomic mass is 10.0. The molecule has 140 valence electrons. The summed E-state index contributed by atoms with van der Waals surface area (Å²) in [5.74, 6) is 0.875. The molecule has 0 spiro atoms. The van der Waals surface area contributed by atoms with Gasteiger partial charge in [-0.2, -0.15) is 0 Å². The summed E-state index contributed by atoms with van der Waals surface area (Å²) in [6, 6.07) is 6.03. The van der Waals surface area contributed by atoms with Gasteiger partial charge in [0.05, 0.1) is 22.8 Å². The third kappa shape index (κ3) is 2.28. The zero-order valence-corrected chi connectivity index (χ0v) is 16.8. The number of thiophene rings is 1. The summed E-state index contributed by atoms with van der Waals surface area (Å²) in [6.07, 6.45) is 8.72. The van der Waals surface area contributed by atoms with E-state index in [4.69, 9.17) is 4.98 Å². The van der Waals surface area contributed by atoms with Gasteiger partial charge in [-0.3, -0.25) is 10.1 Å². The van der Waals surface area contributed by atoms with Crippen LogP contribution in [-0.2, 0) is 11.2 Å². The van der Waals surface area contributed by atoms with Crippen molar-refractivity contribution < 1.29 is 4.55 Å². The van der Waals surface area contributed by atoms with Crippen LogP contribution in [0, 0.1) is 6.92 Å². The van der Waals surface area contributed by atoms with Crippen molar-refractivity contribution in [3.05, 3.63) is 42.6 Å². The fourth-order valence-electron chi connectivity index (χ4n) is 3.81. The van der Waals surface area contributed by atoms with Crippen molar-refractivity contribution in [3.8, 4) is 11.3 Å². The minimum absolute atomic E-state index is 0.262. The van der Waals surface area contributed by atoms with E-state index >= 15 is 0 Å². The molecule has 5 heterocycles. The molecule has 0 aliphatic heterocycles. The van der Waals surface area contributed by atoms with Crippen LogP contribution < -0.4 is 0 Å². The lowest BCUT2D eigenvalue weighted by Crippen LogP contribution is -2.28. The summed E-state index contributed by atoms with van der Waals surface area (Å²) < 4.78 is 16.1. The van der Waals surface area contributed by atoms with Crippen LogP contribution in [0.4, 0.5) is 0 Å². The molecule has 1 aliphatic carbocycles. The molecular formula is C20H17N5OS2. The lowest BCUT2D eigenvalue weighted by molar-refractivity contribution is 0.478. The highest BCUT2D eigenvalue weighted by Crippen LogP contribution is 2.43. The number of aromatic amines is 1. The topological polar surface area (TPSA) is 81.9 Å². The first-order chi connectivity index (χ1) is 13.7. The van der Waals surface area contributed by atoms with Gasteiger partial charge in [0.25, 0.3) is 0 Å². The van der Waals surface area contributed by atoms with Crippen molar-refractivity contribution in [1.29, 1.82) is 0 Å². The molecule has 0 amide bonds. The Morgan fingerprint density at radius 1 is 1.32 bits per heavy atom. The van der Waals surface area contributed by atoms with E-state index in [1.807, 2.05) is 36.0 Å². The predicted molar refractivity (Wildman–Crippen MR) is 112 cm³/mol. The summed E-state index contributed by atoms with van der Waals surface area (Å²) in [6.45, 7) is 1.97. The number of pyridine rings is 2. The molecule has 1 saturated carbocycles. The van der Waals surface area contributed by atoms with E-state index in [1.54, 1.807) is 17.5 Å². The van der Waals surface area contributed by atoms with Gasteiger partial charge in [0.1, 0.15) is 21.4 Å². The third-order valence-electron chi connectivity index (χ3n) is 5.56. The molecule has 5 aromatic heterocycles. The number of imidazole rings is 1. The highest BCUT2D eigenvalue weighted by molar-refractivity contribution is 7.94. The summed E-state index contributed by atoms with van der Waals surface area (Å²) >= 11 is 0.537. The van der Waals surface area contributed by atoms with E-state index in [1.165, 1.54) is 6.42 Å². The minimum atomic E-state index is -1.01. The van der Waals surface area contributed by atoms with E-state index in [0.717, 1.165) is 60.8 Å². The van der Waals surface area contributed by atoms with E-state index in [0.29, 0.717) is 0 Å². The Kier molecular flexibility index (Phi) is 3.56. The van der Waals surface area contributed by atoms with Crippen molar-refractivity contribution in [1.82, 2.24) is 24.6 Å². The number of rotatable bonds is 3. The van der Waals surface area contributed by atoms with Gasteiger partial charge in [-0.25, -0.2) is 14.5 Å². The van der Waals surface area contributed by atoms with Crippen LogP contribution in [0.25, 0.3) is 37.9 Å². The van der Waals surface area contributed by atoms with Crippen molar-refractivity contribution in [2.24, 2.45) is 0 Å². The number of aryl methyl sites for hydroxylation is 1. The van der Waals surface area contributed by atoms with E-state index in [2.05, 4.69) is 21.1 Å². The summed E-state index contributed by atoms with van der Waals surface area (Å²) in [4.78, 5) is 14.5. The molecule has 1 fully saturated rings. The fourth-order valence-corrected chi connectivity index (χ4v) is 7.08. The first-order valence-corrected chi connectivity index (χ1v) is 11.3. The zero-order chi connectivity index (χ0) is 18.8. The van der Waals surface area contributed by atoms with Crippen LogP contribution in [0.5, 0.6) is 0 Å². The first kappa shape index (κ1) is 16.5. The van der Waals surface area contributed by atoms with Crippen LogP contribution in [0.2, 0.25) is 0 Å². The van der Waals surface area contributed by atoms with Crippen LogP contribution in [-0.4, -0.2) is 34.4 Å². The zero-order valence-electron chi connectivity index (χ0n) is 15.2. The SMILES string of the molecule is Cc1ncc2c3cc(-c4cccnc4)nc4sc([S+]([O-])C5CCC5)c([nH]n12)c43. The van der Waals surface area contributed by atoms with Gasteiger partial charge < -0.3 is 4.55 Å². The Labute approximate surface area is 167 Å². The number of hydrogen-bond acceptors (Lipinski definition) is 5. The van der Waals surface area contributed by atoms with Gasteiger partial charge in [-0.15, -0.1) is 0 Å². The van der Waals surface area contributed by atoms with Gasteiger partial charge in [0, 0.05) is 34.5 Å². The molecule has 8 heteroatoms. The number of H-pyrrole nitrogens is 1. The molecule has 6 rings (SSSR count). The Balaban J connectivity index is 1.71. The van der Waals surface area contributed by atoms with E-state index in [-0.39, 0.29) is 5.25 Å². The van der Waals surface area contributed by atoms with Crippen LogP contribution in [0.3, 0.4) is 0 Å². The molecular weight excluding hydrogens is 390 g/mol. The predicted octanol–water partition coefficient (Wildman–Crippen LogP) is 4.46. The number of nitrogens with zero attached hydrogens (tertiary/aromatic N) is 4. The van der Waals surface area contributed by atoms with Gasteiger partial charge in [0.2, 0.25) is 4.21 Å². The van der Waals surface area contributed by atoms with Crippen LogP contribution in [0.15, 0.2) is 41.0 Å². The monoisotopic (exact) mass is 407 g/mol. The maximum absolute atomic E-state index is 13.2. The number of nitrogens with one attached hydrogen (secondary N) is 1. The smallest absolute Gasteiger partial charge is 0.234 e. The summed E-state index contributed by atoms with van der Waals surface area (Å²) in [7, 11) is 0. The Bertz CT molecular complexity index is 1330. The number of fused-ring (bicyclic) bond motifs is 2. The maximum Gasteiger partial charge on any atom is 0.234 e. The molecule has 0 bridgehead atoms. The molecule has 1 unspecified atom stereocenters. The normalized spacial score (nSPS) is 16.2. The second-order valence-corrected chi connectivity index (χ2v) is 10.2. The van der Waals surface area contributed by atoms with Gasteiger partial charge in [-0.05, 0) is 44.4 Å². The van der Waals surface area contributed by atoms with Gasteiger partial charge in [-0.1, -0.05) is 11.3 Å².